The summed E-state index contributed by atoms with van der Waals surface area (Å²) in [7, 11) is 0. The zero-order chi connectivity index (χ0) is 23.0. The van der Waals surface area contributed by atoms with Crippen molar-refractivity contribution in [2.45, 2.75) is 32.6 Å². The molecule has 2 aliphatic rings. The number of hydrogen-bond donors (Lipinski definition) is 1. The van der Waals surface area contributed by atoms with Crippen LogP contribution in [0.3, 0.4) is 0 Å². The Kier molecular flexibility index (Phi) is 5.68. The summed E-state index contributed by atoms with van der Waals surface area (Å²) in [4.78, 5) is 38.2. The molecule has 0 aliphatic carbocycles. The van der Waals surface area contributed by atoms with Gasteiger partial charge in [0.15, 0.2) is 5.17 Å². The highest BCUT2D eigenvalue weighted by Crippen LogP contribution is 2.54. The molecule has 4 rings (SSSR count). The maximum Gasteiger partial charge on any atom is 0.270 e. The molecule has 0 saturated carbocycles. The SMILES string of the molecule is CC(=O)NC1=NN(C(C)=O)C2(S1)C(=O)N(CCOc1cccc(C)c1)c1ccc(C)cc12. The van der Waals surface area contributed by atoms with Crippen molar-refractivity contribution in [3.63, 3.8) is 0 Å². The number of nitrogens with one attached hydrogen (secondary N) is 1. The number of benzene rings is 2. The third-order valence-electron chi connectivity index (χ3n) is 5.23. The predicted octanol–water partition coefficient (Wildman–Crippen LogP) is 2.88. The van der Waals surface area contributed by atoms with Gasteiger partial charge in [0.2, 0.25) is 16.7 Å². The molecule has 1 atom stereocenters. The van der Waals surface area contributed by atoms with Crippen LogP contribution >= 0.6 is 11.8 Å². The lowest BCUT2D eigenvalue weighted by molar-refractivity contribution is -0.139. The van der Waals surface area contributed by atoms with E-state index in [4.69, 9.17) is 4.74 Å². The third-order valence-corrected chi connectivity index (χ3v) is 6.47. The van der Waals surface area contributed by atoms with Gasteiger partial charge in [-0.15, -0.1) is 5.10 Å². The smallest absolute Gasteiger partial charge is 0.270 e. The summed E-state index contributed by atoms with van der Waals surface area (Å²) < 4.78 is 5.87. The Hall–Kier alpha value is -3.33. The third kappa shape index (κ3) is 3.73. The fraction of sp³-hybridized carbons (Fsp3) is 0.304. The van der Waals surface area contributed by atoms with E-state index in [2.05, 4.69) is 10.4 Å². The molecule has 2 aromatic rings. The monoisotopic (exact) mass is 452 g/mol. The van der Waals surface area contributed by atoms with Crippen LogP contribution in [0.4, 0.5) is 5.69 Å². The molecular formula is C23H24N4O4S. The zero-order valence-corrected chi connectivity index (χ0v) is 19.2. The Bertz CT molecular complexity index is 1150. The molecule has 3 amide bonds. The highest BCUT2D eigenvalue weighted by atomic mass is 32.2. The second kappa shape index (κ2) is 8.31. The van der Waals surface area contributed by atoms with E-state index in [0.717, 1.165) is 28.6 Å². The summed E-state index contributed by atoms with van der Waals surface area (Å²) in [5.41, 5.74) is 3.40. The molecule has 9 heteroatoms. The van der Waals surface area contributed by atoms with Crippen LogP contribution in [0, 0.1) is 13.8 Å². The molecule has 2 heterocycles. The van der Waals surface area contributed by atoms with Crippen molar-refractivity contribution >= 4 is 40.3 Å². The molecule has 1 unspecified atom stereocenters. The van der Waals surface area contributed by atoms with Crippen molar-refractivity contribution in [3.05, 3.63) is 59.2 Å². The summed E-state index contributed by atoms with van der Waals surface area (Å²) in [6.07, 6.45) is 0. The van der Waals surface area contributed by atoms with Crippen LogP contribution in [0.1, 0.15) is 30.5 Å². The Morgan fingerprint density at radius 1 is 1.12 bits per heavy atom. The van der Waals surface area contributed by atoms with Gasteiger partial charge in [-0.25, -0.2) is 0 Å². The van der Waals surface area contributed by atoms with E-state index in [1.54, 1.807) is 4.90 Å². The number of anilines is 1. The highest BCUT2D eigenvalue weighted by molar-refractivity contribution is 8.15. The van der Waals surface area contributed by atoms with E-state index in [9.17, 15) is 14.4 Å². The second-order valence-corrected chi connectivity index (χ2v) is 8.99. The topological polar surface area (TPSA) is 91.3 Å². The number of amides is 3. The zero-order valence-electron chi connectivity index (χ0n) is 18.3. The number of hydrogen-bond acceptors (Lipinski definition) is 6. The fourth-order valence-electron chi connectivity index (χ4n) is 3.91. The molecule has 2 aliphatic heterocycles. The largest absolute Gasteiger partial charge is 0.492 e. The van der Waals surface area contributed by atoms with Gasteiger partial charge in [0, 0.05) is 19.4 Å². The minimum Gasteiger partial charge on any atom is -0.492 e. The quantitative estimate of drug-likeness (QED) is 0.770. The number of carbonyl (C=O) groups excluding carboxylic acids is 3. The first-order valence-electron chi connectivity index (χ1n) is 10.2. The minimum atomic E-state index is -1.39. The van der Waals surface area contributed by atoms with Gasteiger partial charge in [-0.1, -0.05) is 29.8 Å². The van der Waals surface area contributed by atoms with E-state index in [0.29, 0.717) is 17.8 Å². The molecule has 0 saturated heterocycles. The van der Waals surface area contributed by atoms with Gasteiger partial charge < -0.3 is 15.0 Å². The normalized spacial score (nSPS) is 19.2. The predicted molar refractivity (Wildman–Crippen MR) is 123 cm³/mol. The van der Waals surface area contributed by atoms with Crippen LogP contribution < -0.4 is 15.0 Å². The van der Waals surface area contributed by atoms with Gasteiger partial charge in [0.05, 0.1) is 12.2 Å². The first kappa shape index (κ1) is 21.9. The van der Waals surface area contributed by atoms with Crippen molar-refractivity contribution in [3.8, 4) is 5.75 Å². The summed E-state index contributed by atoms with van der Waals surface area (Å²) >= 11 is 1.07. The number of thioether (sulfide) groups is 1. The van der Waals surface area contributed by atoms with Crippen molar-refractivity contribution in [2.75, 3.05) is 18.1 Å². The van der Waals surface area contributed by atoms with Crippen LogP contribution in [-0.2, 0) is 19.3 Å². The van der Waals surface area contributed by atoms with Crippen LogP contribution in [0.25, 0.3) is 0 Å². The number of ether oxygens (including phenoxy) is 1. The van der Waals surface area contributed by atoms with Crippen LogP contribution in [0.5, 0.6) is 5.75 Å². The molecule has 1 spiro atoms. The lowest BCUT2D eigenvalue weighted by atomic mass is 10.0. The molecule has 1 N–H and O–H groups in total. The molecule has 0 aromatic heterocycles. The Balaban J connectivity index is 1.66. The number of aryl methyl sites for hydroxylation is 2. The van der Waals surface area contributed by atoms with Gasteiger partial charge >= 0.3 is 0 Å². The summed E-state index contributed by atoms with van der Waals surface area (Å²) in [5.74, 6) is -0.283. The van der Waals surface area contributed by atoms with Crippen LogP contribution in [0.2, 0.25) is 0 Å². The molecule has 0 radical (unpaired) electrons. The van der Waals surface area contributed by atoms with Gasteiger partial charge in [0.25, 0.3) is 5.91 Å². The van der Waals surface area contributed by atoms with Crippen molar-refractivity contribution in [1.82, 2.24) is 10.3 Å². The van der Waals surface area contributed by atoms with E-state index < -0.39 is 10.8 Å². The average Bonchev–Trinajstić information content (AvgIpc) is 3.20. The maximum atomic E-state index is 13.8. The van der Waals surface area contributed by atoms with Gasteiger partial charge in [-0.2, -0.15) is 5.01 Å². The highest BCUT2D eigenvalue weighted by Gasteiger charge is 2.61. The lowest BCUT2D eigenvalue weighted by Crippen LogP contribution is -2.49. The molecule has 2 aromatic carbocycles. The van der Waals surface area contributed by atoms with E-state index in [1.165, 1.54) is 18.9 Å². The molecule has 0 fully saturated rings. The summed E-state index contributed by atoms with van der Waals surface area (Å²) in [5, 5.41) is 8.27. The number of amidine groups is 1. The second-order valence-electron chi connectivity index (χ2n) is 7.81. The minimum absolute atomic E-state index is 0.214. The number of rotatable bonds is 4. The van der Waals surface area contributed by atoms with Crippen molar-refractivity contribution in [1.29, 1.82) is 0 Å². The van der Waals surface area contributed by atoms with E-state index in [1.807, 2.05) is 56.3 Å². The molecule has 8 nitrogen and oxygen atoms in total. The van der Waals surface area contributed by atoms with Crippen LogP contribution in [0.15, 0.2) is 47.6 Å². The molecule has 0 bridgehead atoms. The van der Waals surface area contributed by atoms with Gasteiger partial charge in [-0.05, 0) is 49.4 Å². The maximum absolute atomic E-state index is 13.8. The number of hydrazone groups is 1. The van der Waals surface area contributed by atoms with E-state index >= 15 is 0 Å². The summed E-state index contributed by atoms with van der Waals surface area (Å²) in [6, 6.07) is 13.4. The first-order chi connectivity index (χ1) is 15.2. The van der Waals surface area contributed by atoms with Gasteiger partial charge in [-0.3, -0.25) is 14.4 Å². The number of fused-ring (bicyclic) bond motifs is 2. The average molecular weight is 453 g/mol. The number of carbonyl (C=O) groups is 3. The van der Waals surface area contributed by atoms with Crippen molar-refractivity contribution < 1.29 is 19.1 Å². The standard InChI is InChI=1S/C23H24N4O4S/c1-14-6-5-7-18(12-14)31-11-10-26-20-9-8-15(2)13-19(20)23(21(26)30)27(17(4)29)25-22(32-23)24-16(3)28/h5-9,12-13H,10-11H2,1-4H3,(H,24,25,28). The fourth-order valence-corrected chi connectivity index (χ4v) is 5.23. The Morgan fingerprint density at radius 3 is 2.56 bits per heavy atom. The molecule has 166 valence electrons. The lowest BCUT2D eigenvalue weighted by Gasteiger charge is -2.29. The first-order valence-corrected chi connectivity index (χ1v) is 11.0. The van der Waals surface area contributed by atoms with Gasteiger partial charge in [0.1, 0.15) is 12.4 Å². The van der Waals surface area contributed by atoms with Crippen molar-refractivity contribution in [2.24, 2.45) is 5.10 Å². The Morgan fingerprint density at radius 2 is 1.88 bits per heavy atom. The summed E-state index contributed by atoms with van der Waals surface area (Å²) in [6.45, 7) is 7.20. The molecule has 32 heavy (non-hydrogen) atoms. The molecular weight excluding hydrogens is 428 g/mol. The van der Waals surface area contributed by atoms with Crippen LogP contribution in [-0.4, -0.2) is 41.0 Å². The van der Waals surface area contributed by atoms with E-state index in [-0.39, 0.29) is 23.6 Å². The Labute approximate surface area is 190 Å². The number of nitrogens with zero attached hydrogens (tertiary/aromatic N) is 3.